The van der Waals surface area contributed by atoms with Crippen molar-refractivity contribution < 1.29 is 9.90 Å². The number of aliphatic hydroxyl groups is 1. The molecule has 194 valence electrons. The molecule has 0 radical (unpaired) electrons. The summed E-state index contributed by atoms with van der Waals surface area (Å²) in [7, 11) is 0. The van der Waals surface area contributed by atoms with E-state index in [-0.39, 0.29) is 22.4 Å². The molecule has 0 bridgehead atoms. The number of benzene rings is 2. The molecule has 4 nitrogen and oxygen atoms in total. The van der Waals surface area contributed by atoms with Crippen LogP contribution in [0, 0.1) is 0 Å². The Kier molecular flexibility index (Phi) is 5.34. The van der Waals surface area contributed by atoms with Gasteiger partial charge in [0.15, 0.2) is 0 Å². The molecular formula is C34H36N2O2. The molecule has 38 heavy (non-hydrogen) atoms. The minimum absolute atomic E-state index is 0.0432. The first-order valence-electron chi connectivity index (χ1n) is 14.4. The maximum Gasteiger partial charge on any atom is 0.201 e. The lowest BCUT2D eigenvalue weighted by atomic mass is 9.64. The van der Waals surface area contributed by atoms with Gasteiger partial charge in [-0.15, -0.1) is 0 Å². The summed E-state index contributed by atoms with van der Waals surface area (Å²) in [5.41, 5.74) is 9.34. The zero-order chi connectivity index (χ0) is 26.1. The fraction of sp³-hybridized carbons (Fsp3) is 0.412. The summed E-state index contributed by atoms with van der Waals surface area (Å²) in [4.78, 5) is 19.0. The molecule has 2 aromatic carbocycles. The number of para-hydroxylation sites is 2. The Morgan fingerprint density at radius 2 is 1.39 bits per heavy atom. The predicted octanol–water partition coefficient (Wildman–Crippen LogP) is 8.29. The number of nitrogens with one attached hydrogen (secondary N) is 1. The first kappa shape index (κ1) is 23.7. The molecule has 7 rings (SSSR count). The zero-order valence-electron chi connectivity index (χ0n) is 22.5. The fourth-order valence-electron chi connectivity index (χ4n) is 8.30. The van der Waals surface area contributed by atoms with Gasteiger partial charge in [0.25, 0.3) is 0 Å². The molecule has 0 amide bonds. The SMILES string of the molecule is C/C(C1=Nc2ccccc2C12CCCCC2)=C1\C(=O)C(C(/C)=C2/Nc3ccccc3C23CCCCC3)=C1O. The Bertz CT molecular complexity index is 1490. The van der Waals surface area contributed by atoms with E-state index in [2.05, 4.69) is 47.8 Å². The molecule has 2 aromatic rings. The number of hydrogen-bond donors (Lipinski definition) is 2. The summed E-state index contributed by atoms with van der Waals surface area (Å²) in [5, 5.41) is 15.2. The maximum atomic E-state index is 13.9. The average Bonchev–Trinajstić information content (AvgIpc) is 3.43. The van der Waals surface area contributed by atoms with Crippen LogP contribution in [-0.4, -0.2) is 16.6 Å². The standard InChI is InChI=1S/C34H36N2O2/c1-21(31-33(17-9-3-10-18-33)23-13-5-7-15-25(23)35-31)27-29(37)28(30(27)38)22(2)32-34(19-11-4-12-20-34)24-14-6-8-16-26(24)36-32/h5-8,13-16,35,37H,3-4,9-12,17-20H2,1-2H3/b28-22+,31-21+. The minimum Gasteiger partial charge on any atom is -0.506 e. The first-order valence-corrected chi connectivity index (χ1v) is 14.4. The van der Waals surface area contributed by atoms with E-state index in [1.54, 1.807) is 0 Å². The smallest absolute Gasteiger partial charge is 0.201 e. The van der Waals surface area contributed by atoms with Gasteiger partial charge in [0.2, 0.25) is 5.78 Å². The van der Waals surface area contributed by atoms with Gasteiger partial charge < -0.3 is 10.4 Å². The summed E-state index contributed by atoms with van der Waals surface area (Å²) in [6.45, 7) is 4.02. The highest BCUT2D eigenvalue weighted by Gasteiger charge is 2.49. The van der Waals surface area contributed by atoms with E-state index in [9.17, 15) is 9.90 Å². The third-order valence-electron chi connectivity index (χ3n) is 10.1. The molecule has 2 heterocycles. The Hall–Kier alpha value is -3.40. The zero-order valence-corrected chi connectivity index (χ0v) is 22.5. The number of carbonyl (C=O) groups is 1. The van der Waals surface area contributed by atoms with Gasteiger partial charge in [0.1, 0.15) is 5.76 Å². The Labute approximate surface area is 225 Å². The van der Waals surface area contributed by atoms with Crippen molar-refractivity contribution in [3.63, 3.8) is 0 Å². The average molecular weight is 505 g/mol. The van der Waals surface area contributed by atoms with Gasteiger partial charge >= 0.3 is 0 Å². The second-order valence-electron chi connectivity index (χ2n) is 12.0. The molecule has 5 aliphatic rings. The number of carbonyl (C=O) groups excluding carboxylic acids is 1. The van der Waals surface area contributed by atoms with Crippen LogP contribution in [0.1, 0.15) is 89.2 Å². The number of Topliss-reactive ketones (excluding diaryl/α,β-unsaturated/α-hetero) is 1. The van der Waals surface area contributed by atoms with Crippen LogP contribution in [0.5, 0.6) is 0 Å². The van der Waals surface area contributed by atoms with Crippen molar-refractivity contribution in [3.8, 4) is 0 Å². The number of fused-ring (bicyclic) bond motifs is 4. The second kappa shape index (κ2) is 8.56. The Balaban J connectivity index is 1.33. The van der Waals surface area contributed by atoms with Gasteiger partial charge in [-0.05, 0) is 73.9 Å². The molecule has 2 N–H and O–H groups in total. The van der Waals surface area contributed by atoms with Crippen LogP contribution in [-0.2, 0) is 15.6 Å². The lowest BCUT2D eigenvalue weighted by Crippen LogP contribution is -2.38. The van der Waals surface area contributed by atoms with Gasteiger partial charge in [-0.3, -0.25) is 9.79 Å². The van der Waals surface area contributed by atoms with Crippen LogP contribution in [0.4, 0.5) is 11.4 Å². The van der Waals surface area contributed by atoms with E-state index in [4.69, 9.17) is 4.99 Å². The van der Waals surface area contributed by atoms with Crippen LogP contribution in [0.2, 0.25) is 0 Å². The number of ketones is 1. The molecule has 0 atom stereocenters. The fourth-order valence-corrected chi connectivity index (χ4v) is 8.30. The third-order valence-corrected chi connectivity index (χ3v) is 10.1. The lowest BCUT2D eigenvalue weighted by Gasteiger charge is -2.38. The monoisotopic (exact) mass is 504 g/mol. The predicted molar refractivity (Wildman–Crippen MR) is 153 cm³/mol. The minimum atomic E-state index is -0.142. The number of aliphatic imine (C=N–C) groups is 1. The topological polar surface area (TPSA) is 61.7 Å². The molecule has 0 saturated heterocycles. The quantitative estimate of drug-likeness (QED) is 0.405. The summed E-state index contributed by atoms with van der Waals surface area (Å²) in [5.74, 6) is 0.101. The molecule has 2 fully saturated rings. The van der Waals surface area contributed by atoms with E-state index in [1.807, 2.05) is 19.9 Å². The van der Waals surface area contributed by atoms with E-state index in [0.717, 1.165) is 72.5 Å². The van der Waals surface area contributed by atoms with Crippen molar-refractivity contribution >= 4 is 22.9 Å². The van der Waals surface area contributed by atoms with Crippen molar-refractivity contribution in [2.75, 3.05) is 5.32 Å². The highest BCUT2D eigenvalue weighted by atomic mass is 16.3. The first-order chi connectivity index (χ1) is 18.5. The molecule has 2 spiro atoms. The van der Waals surface area contributed by atoms with Crippen LogP contribution >= 0.6 is 0 Å². The normalized spacial score (nSPS) is 25.5. The van der Waals surface area contributed by atoms with Gasteiger partial charge in [0, 0.05) is 22.2 Å². The van der Waals surface area contributed by atoms with E-state index in [0.29, 0.717) is 11.1 Å². The largest absolute Gasteiger partial charge is 0.506 e. The summed E-state index contributed by atoms with van der Waals surface area (Å²) in [6, 6.07) is 17.0. The molecule has 3 aliphatic carbocycles. The van der Waals surface area contributed by atoms with Crippen LogP contribution in [0.25, 0.3) is 0 Å². The third kappa shape index (κ3) is 3.09. The van der Waals surface area contributed by atoms with E-state index in [1.165, 1.54) is 36.8 Å². The highest BCUT2D eigenvalue weighted by molar-refractivity contribution is 6.27. The van der Waals surface area contributed by atoms with Crippen molar-refractivity contribution in [1.82, 2.24) is 0 Å². The molecule has 2 aliphatic heterocycles. The van der Waals surface area contributed by atoms with Gasteiger partial charge in [0.05, 0.1) is 22.5 Å². The number of rotatable bonds is 2. The highest BCUT2D eigenvalue weighted by Crippen LogP contribution is 2.55. The van der Waals surface area contributed by atoms with E-state index < -0.39 is 0 Å². The molecule has 0 aromatic heterocycles. The van der Waals surface area contributed by atoms with Gasteiger partial charge in [-0.25, -0.2) is 0 Å². The van der Waals surface area contributed by atoms with Crippen LogP contribution in [0.15, 0.2) is 87.3 Å². The number of allylic oxidation sites excluding steroid dienone is 5. The summed E-state index contributed by atoms with van der Waals surface area (Å²) in [6.07, 6.45) is 11.4. The van der Waals surface area contributed by atoms with Crippen molar-refractivity contribution in [3.05, 3.63) is 93.4 Å². The lowest BCUT2D eigenvalue weighted by molar-refractivity contribution is -0.113. The van der Waals surface area contributed by atoms with Gasteiger partial charge in [-0.1, -0.05) is 74.9 Å². The maximum absolute atomic E-state index is 13.9. The number of nitrogens with zero attached hydrogens (tertiary/aromatic N) is 1. The molecule has 2 saturated carbocycles. The number of anilines is 1. The number of hydrogen-bond acceptors (Lipinski definition) is 4. The summed E-state index contributed by atoms with van der Waals surface area (Å²) < 4.78 is 0. The van der Waals surface area contributed by atoms with Crippen molar-refractivity contribution in [1.29, 1.82) is 0 Å². The number of aliphatic hydroxyl groups excluding tert-OH is 1. The second-order valence-corrected chi connectivity index (χ2v) is 12.0. The molecular weight excluding hydrogens is 468 g/mol. The van der Waals surface area contributed by atoms with Gasteiger partial charge in [-0.2, -0.15) is 0 Å². The molecule has 0 unspecified atom stereocenters. The van der Waals surface area contributed by atoms with Crippen molar-refractivity contribution in [2.45, 2.75) is 88.9 Å². The summed E-state index contributed by atoms with van der Waals surface area (Å²) >= 11 is 0. The van der Waals surface area contributed by atoms with Crippen LogP contribution < -0.4 is 5.32 Å². The van der Waals surface area contributed by atoms with Crippen LogP contribution in [0.3, 0.4) is 0 Å². The molecule has 4 heteroatoms. The van der Waals surface area contributed by atoms with Crippen molar-refractivity contribution in [2.24, 2.45) is 4.99 Å². The van der Waals surface area contributed by atoms with E-state index >= 15 is 0 Å². The Morgan fingerprint density at radius 1 is 0.789 bits per heavy atom. The Morgan fingerprint density at radius 3 is 2.08 bits per heavy atom.